The first-order valence-electron chi connectivity index (χ1n) is 9.68. The normalized spacial score (nSPS) is 11.4. The highest BCUT2D eigenvalue weighted by Crippen LogP contribution is 2.31. The summed E-state index contributed by atoms with van der Waals surface area (Å²) in [5.41, 5.74) is 4.12. The molecule has 0 radical (unpaired) electrons. The Morgan fingerprint density at radius 2 is 1.87 bits per heavy atom. The number of para-hydroxylation sites is 2. The van der Waals surface area contributed by atoms with Crippen LogP contribution in [0.5, 0.6) is 11.5 Å². The largest absolute Gasteiger partial charge is 0.493 e. The van der Waals surface area contributed by atoms with Crippen LogP contribution >= 0.6 is 11.6 Å². The molecule has 0 amide bonds. The summed E-state index contributed by atoms with van der Waals surface area (Å²) in [5.74, 6) is 1.83. The van der Waals surface area contributed by atoms with E-state index in [4.69, 9.17) is 21.1 Å². The molecule has 0 saturated heterocycles. The molecule has 0 unspecified atom stereocenters. The molecule has 0 aliphatic carbocycles. The van der Waals surface area contributed by atoms with Gasteiger partial charge in [0.1, 0.15) is 12.7 Å². The van der Waals surface area contributed by atoms with Crippen molar-refractivity contribution in [2.75, 3.05) is 7.11 Å². The van der Waals surface area contributed by atoms with Gasteiger partial charge in [0, 0.05) is 12.1 Å². The molecular formula is C25H20ClN3O2. The molecule has 6 heteroatoms. The van der Waals surface area contributed by atoms with E-state index in [1.807, 2.05) is 78.3 Å². The summed E-state index contributed by atoms with van der Waals surface area (Å²) >= 11 is 5.93. The quantitative estimate of drug-likeness (QED) is 0.359. The van der Waals surface area contributed by atoms with E-state index in [1.54, 1.807) is 13.2 Å². The van der Waals surface area contributed by atoms with Crippen LogP contribution in [0.25, 0.3) is 22.7 Å². The molecule has 3 aromatic carbocycles. The third-order valence-corrected chi connectivity index (χ3v) is 5.21. The zero-order valence-corrected chi connectivity index (χ0v) is 17.9. The molecule has 0 N–H and O–H groups in total. The molecule has 31 heavy (non-hydrogen) atoms. The molecule has 0 atom stereocenters. The molecule has 1 heterocycles. The van der Waals surface area contributed by atoms with Crippen molar-refractivity contribution in [3.05, 3.63) is 88.7 Å². The monoisotopic (exact) mass is 429 g/mol. The van der Waals surface area contributed by atoms with Crippen LogP contribution < -0.4 is 9.47 Å². The molecule has 0 bridgehead atoms. The van der Waals surface area contributed by atoms with E-state index < -0.39 is 0 Å². The zero-order chi connectivity index (χ0) is 21.8. The second-order valence-electron chi connectivity index (χ2n) is 6.98. The fourth-order valence-corrected chi connectivity index (χ4v) is 3.46. The summed E-state index contributed by atoms with van der Waals surface area (Å²) in [6, 6.07) is 23.1. The number of benzene rings is 3. The maximum absolute atomic E-state index is 9.76. The number of fused-ring (bicyclic) bond motifs is 1. The van der Waals surface area contributed by atoms with Crippen molar-refractivity contribution in [3.63, 3.8) is 0 Å². The van der Waals surface area contributed by atoms with Gasteiger partial charge in [-0.25, -0.2) is 4.98 Å². The number of nitrogens with zero attached hydrogens (tertiary/aromatic N) is 3. The molecule has 0 saturated carbocycles. The molecule has 4 aromatic rings. The molecule has 154 valence electrons. The highest BCUT2D eigenvalue weighted by molar-refractivity contribution is 6.30. The number of hydrogen-bond donors (Lipinski definition) is 0. The van der Waals surface area contributed by atoms with Crippen LogP contribution in [0, 0.1) is 11.3 Å². The van der Waals surface area contributed by atoms with Gasteiger partial charge in [-0.15, -0.1) is 0 Å². The van der Waals surface area contributed by atoms with Gasteiger partial charge in [0.2, 0.25) is 0 Å². The lowest BCUT2D eigenvalue weighted by Crippen LogP contribution is -1.98. The average Bonchev–Trinajstić information content (AvgIpc) is 3.14. The lowest BCUT2D eigenvalue weighted by atomic mass is 10.1. The van der Waals surface area contributed by atoms with Crippen molar-refractivity contribution >= 4 is 34.3 Å². The van der Waals surface area contributed by atoms with Gasteiger partial charge in [0.15, 0.2) is 17.3 Å². The summed E-state index contributed by atoms with van der Waals surface area (Å²) in [7, 11) is 3.50. The molecule has 4 rings (SSSR count). The maximum Gasteiger partial charge on any atom is 0.161 e. The van der Waals surface area contributed by atoms with E-state index >= 15 is 0 Å². The first kappa shape index (κ1) is 20.5. The highest BCUT2D eigenvalue weighted by Gasteiger charge is 2.13. The van der Waals surface area contributed by atoms with Crippen LogP contribution in [0.1, 0.15) is 17.0 Å². The number of aromatic nitrogens is 2. The zero-order valence-electron chi connectivity index (χ0n) is 17.2. The van der Waals surface area contributed by atoms with Gasteiger partial charge in [-0.3, -0.25) is 0 Å². The SMILES string of the molecule is COc1cc(C=C(C#N)c2nc3ccccc3n2C)ccc1OCc1ccc(Cl)cc1. The third-order valence-electron chi connectivity index (χ3n) is 4.95. The Morgan fingerprint density at radius 3 is 2.58 bits per heavy atom. The van der Waals surface area contributed by atoms with Crippen molar-refractivity contribution in [1.29, 1.82) is 5.26 Å². The topological polar surface area (TPSA) is 60.1 Å². The second kappa shape index (κ2) is 8.95. The number of methoxy groups -OCH3 is 1. The number of aryl methyl sites for hydroxylation is 1. The summed E-state index contributed by atoms with van der Waals surface area (Å²) in [4.78, 5) is 4.62. The van der Waals surface area contributed by atoms with Crippen molar-refractivity contribution in [3.8, 4) is 17.6 Å². The van der Waals surface area contributed by atoms with Gasteiger partial charge in [-0.05, 0) is 53.6 Å². The van der Waals surface area contributed by atoms with Crippen LogP contribution in [0.2, 0.25) is 5.02 Å². The van der Waals surface area contributed by atoms with Gasteiger partial charge in [0.25, 0.3) is 0 Å². The molecule has 0 fully saturated rings. The lowest BCUT2D eigenvalue weighted by molar-refractivity contribution is 0.284. The Morgan fingerprint density at radius 1 is 1.10 bits per heavy atom. The predicted molar refractivity (Wildman–Crippen MR) is 123 cm³/mol. The Bertz CT molecular complexity index is 1300. The van der Waals surface area contributed by atoms with E-state index in [1.165, 1.54) is 0 Å². The fourth-order valence-electron chi connectivity index (χ4n) is 3.33. The van der Waals surface area contributed by atoms with Crippen molar-refractivity contribution in [1.82, 2.24) is 9.55 Å². The number of hydrogen-bond acceptors (Lipinski definition) is 4. The van der Waals surface area contributed by atoms with Crippen molar-refractivity contribution in [2.45, 2.75) is 6.61 Å². The van der Waals surface area contributed by atoms with Crippen LogP contribution in [-0.2, 0) is 13.7 Å². The van der Waals surface area contributed by atoms with Gasteiger partial charge < -0.3 is 14.0 Å². The molecule has 0 aliphatic heterocycles. The third kappa shape index (κ3) is 4.40. The number of rotatable bonds is 6. The standard InChI is InChI=1S/C25H20ClN3O2/c1-29-22-6-4-3-5-21(22)28-25(29)19(15-27)13-18-9-12-23(24(14-18)30-2)31-16-17-7-10-20(26)11-8-17/h3-14H,16H2,1-2H3. The van der Waals surface area contributed by atoms with Gasteiger partial charge in [0.05, 0.1) is 23.7 Å². The van der Waals surface area contributed by atoms with Crippen LogP contribution in [0.15, 0.2) is 66.7 Å². The molecule has 0 spiro atoms. The first-order valence-corrected chi connectivity index (χ1v) is 10.1. The lowest BCUT2D eigenvalue weighted by Gasteiger charge is -2.12. The minimum atomic E-state index is 0.395. The number of ether oxygens (including phenoxy) is 2. The summed E-state index contributed by atoms with van der Waals surface area (Å²) in [6.07, 6.45) is 1.80. The molecular weight excluding hydrogens is 410 g/mol. The Hall–Kier alpha value is -3.75. The Kier molecular flexibility index (Phi) is 5.92. The number of nitriles is 1. The number of imidazole rings is 1. The fraction of sp³-hybridized carbons (Fsp3) is 0.120. The van der Waals surface area contributed by atoms with Crippen LogP contribution in [0.3, 0.4) is 0 Å². The van der Waals surface area contributed by atoms with Gasteiger partial charge in [-0.2, -0.15) is 5.26 Å². The minimum Gasteiger partial charge on any atom is -0.493 e. The van der Waals surface area contributed by atoms with Crippen molar-refractivity contribution in [2.24, 2.45) is 7.05 Å². The van der Waals surface area contributed by atoms with Gasteiger partial charge >= 0.3 is 0 Å². The summed E-state index contributed by atoms with van der Waals surface area (Å²) in [6.45, 7) is 0.395. The number of halogens is 1. The predicted octanol–water partition coefficient (Wildman–Crippen LogP) is 5.88. The first-order chi connectivity index (χ1) is 15.1. The second-order valence-corrected chi connectivity index (χ2v) is 7.41. The van der Waals surface area contributed by atoms with E-state index in [9.17, 15) is 5.26 Å². The van der Waals surface area contributed by atoms with E-state index in [0.717, 1.165) is 22.2 Å². The summed E-state index contributed by atoms with van der Waals surface area (Å²) < 4.78 is 13.3. The average molecular weight is 430 g/mol. The van der Waals surface area contributed by atoms with E-state index in [-0.39, 0.29) is 0 Å². The van der Waals surface area contributed by atoms with Crippen LogP contribution in [-0.4, -0.2) is 16.7 Å². The Labute approximate surface area is 185 Å². The Balaban J connectivity index is 1.61. The molecule has 5 nitrogen and oxygen atoms in total. The van der Waals surface area contributed by atoms with Gasteiger partial charge in [-0.1, -0.05) is 41.9 Å². The smallest absolute Gasteiger partial charge is 0.161 e. The minimum absolute atomic E-state index is 0.395. The number of allylic oxidation sites excluding steroid dienone is 1. The van der Waals surface area contributed by atoms with Crippen LogP contribution in [0.4, 0.5) is 0 Å². The highest BCUT2D eigenvalue weighted by atomic mass is 35.5. The molecule has 0 aliphatic rings. The maximum atomic E-state index is 9.76. The summed E-state index contributed by atoms with van der Waals surface area (Å²) in [5, 5.41) is 10.5. The van der Waals surface area contributed by atoms with Crippen molar-refractivity contribution < 1.29 is 9.47 Å². The van der Waals surface area contributed by atoms with E-state index in [0.29, 0.717) is 34.5 Å². The molecule has 1 aromatic heterocycles. The van der Waals surface area contributed by atoms with E-state index in [2.05, 4.69) is 11.1 Å².